The molecule has 0 saturated carbocycles. The number of benzene rings is 2. The van der Waals surface area contributed by atoms with Crippen molar-refractivity contribution in [3.63, 3.8) is 0 Å². The Balaban J connectivity index is 1.44. The molecule has 36 heavy (non-hydrogen) atoms. The van der Waals surface area contributed by atoms with Crippen LogP contribution in [-0.4, -0.2) is 55.7 Å². The first-order valence-electron chi connectivity index (χ1n) is 11.4. The number of likely N-dealkylation sites (N-methyl/N-ethyl adjacent to an activating group) is 1. The molecule has 10 heteroatoms. The molecule has 0 bridgehead atoms. The molecule has 1 aliphatic rings. The Labute approximate surface area is 208 Å². The molecule has 1 aromatic heterocycles. The Bertz CT molecular complexity index is 1250. The molecule has 0 saturated heterocycles. The number of amides is 2. The Kier molecular flexibility index (Phi) is 7.64. The third-order valence-electron chi connectivity index (χ3n) is 5.40. The minimum Gasteiger partial charge on any atom is -0.494 e. The highest BCUT2D eigenvalue weighted by molar-refractivity contribution is 6.01. The minimum atomic E-state index is -0.882. The highest BCUT2D eigenvalue weighted by Crippen LogP contribution is 2.33. The molecule has 1 aliphatic heterocycles. The van der Waals surface area contributed by atoms with E-state index >= 15 is 0 Å². The molecule has 1 atom stereocenters. The predicted molar refractivity (Wildman–Crippen MR) is 133 cm³/mol. The van der Waals surface area contributed by atoms with Gasteiger partial charge in [0.2, 0.25) is 0 Å². The molecule has 2 N–H and O–H groups in total. The summed E-state index contributed by atoms with van der Waals surface area (Å²) in [6, 6.07) is 17.2. The summed E-state index contributed by atoms with van der Waals surface area (Å²) in [7, 11) is 1.49. The number of rotatable bonds is 8. The molecule has 0 aliphatic carbocycles. The zero-order chi connectivity index (χ0) is 25.5. The molecular weight excluding hydrogens is 464 g/mol. The van der Waals surface area contributed by atoms with Gasteiger partial charge in [0.25, 0.3) is 11.8 Å². The van der Waals surface area contributed by atoms with Gasteiger partial charge in [-0.3, -0.25) is 9.59 Å². The summed E-state index contributed by atoms with van der Waals surface area (Å²) in [6.45, 7) is 1.93. The molecule has 10 nitrogen and oxygen atoms in total. The van der Waals surface area contributed by atoms with Gasteiger partial charge in [0, 0.05) is 18.9 Å². The van der Waals surface area contributed by atoms with Crippen molar-refractivity contribution in [1.82, 2.24) is 10.3 Å². The van der Waals surface area contributed by atoms with Crippen molar-refractivity contribution in [2.24, 2.45) is 0 Å². The quantitative estimate of drug-likeness (QED) is 0.463. The first kappa shape index (κ1) is 24.5. The van der Waals surface area contributed by atoms with E-state index in [0.717, 1.165) is 5.75 Å². The van der Waals surface area contributed by atoms with Gasteiger partial charge >= 0.3 is 5.97 Å². The third-order valence-corrected chi connectivity index (χ3v) is 5.40. The monoisotopic (exact) mass is 490 g/mol. The van der Waals surface area contributed by atoms with Crippen molar-refractivity contribution in [2.75, 3.05) is 37.0 Å². The van der Waals surface area contributed by atoms with Crippen LogP contribution in [0.4, 0.5) is 17.2 Å². The SMILES string of the molecule is CCOc1ccc(Nc2ncccc2C(=O)OCC(=O)N2CC(C(=O)NC)Oc3ccccc32)cc1. The van der Waals surface area contributed by atoms with E-state index in [-0.39, 0.29) is 23.8 Å². The van der Waals surface area contributed by atoms with Crippen LogP contribution in [0.2, 0.25) is 0 Å². The Morgan fingerprint density at radius 3 is 2.61 bits per heavy atom. The molecule has 1 unspecified atom stereocenters. The van der Waals surface area contributed by atoms with E-state index in [4.69, 9.17) is 14.2 Å². The average molecular weight is 491 g/mol. The van der Waals surface area contributed by atoms with Crippen LogP contribution in [0.25, 0.3) is 0 Å². The van der Waals surface area contributed by atoms with Crippen molar-refractivity contribution in [3.05, 3.63) is 72.4 Å². The lowest BCUT2D eigenvalue weighted by atomic mass is 10.1. The van der Waals surface area contributed by atoms with E-state index in [1.165, 1.54) is 11.9 Å². The fourth-order valence-corrected chi connectivity index (χ4v) is 3.66. The fraction of sp³-hybridized carbons (Fsp3) is 0.231. The number of aromatic nitrogens is 1. The maximum absolute atomic E-state index is 13.0. The van der Waals surface area contributed by atoms with E-state index in [1.54, 1.807) is 66.9 Å². The van der Waals surface area contributed by atoms with E-state index in [9.17, 15) is 14.4 Å². The van der Waals surface area contributed by atoms with Crippen molar-refractivity contribution < 1.29 is 28.6 Å². The van der Waals surface area contributed by atoms with Crippen molar-refractivity contribution in [3.8, 4) is 11.5 Å². The Morgan fingerprint density at radius 2 is 1.86 bits per heavy atom. The number of anilines is 3. The summed E-state index contributed by atoms with van der Waals surface area (Å²) in [5.74, 6) is -0.154. The summed E-state index contributed by atoms with van der Waals surface area (Å²) >= 11 is 0. The predicted octanol–water partition coefficient (Wildman–Crippen LogP) is 2.92. The van der Waals surface area contributed by atoms with Gasteiger partial charge in [0.15, 0.2) is 12.7 Å². The summed E-state index contributed by atoms with van der Waals surface area (Å²) in [5, 5.41) is 5.61. The number of nitrogens with zero attached hydrogens (tertiary/aromatic N) is 2. The first-order valence-corrected chi connectivity index (χ1v) is 11.4. The first-order chi connectivity index (χ1) is 17.5. The van der Waals surface area contributed by atoms with Crippen LogP contribution < -0.4 is 25.0 Å². The zero-order valence-corrected chi connectivity index (χ0v) is 19.9. The summed E-state index contributed by atoms with van der Waals surface area (Å²) in [4.78, 5) is 43.7. The zero-order valence-electron chi connectivity index (χ0n) is 19.9. The maximum Gasteiger partial charge on any atom is 0.342 e. The molecule has 0 spiro atoms. The lowest BCUT2D eigenvalue weighted by molar-refractivity contribution is -0.128. The topological polar surface area (TPSA) is 119 Å². The van der Waals surface area contributed by atoms with Crippen LogP contribution in [0.15, 0.2) is 66.9 Å². The van der Waals surface area contributed by atoms with Crippen molar-refractivity contribution >= 4 is 35.0 Å². The molecule has 2 amide bonds. The van der Waals surface area contributed by atoms with Gasteiger partial charge in [-0.15, -0.1) is 0 Å². The molecule has 0 radical (unpaired) electrons. The fourth-order valence-electron chi connectivity index (χ4n) is 3.66. The molecular formula is C26H26N4O6. The van der Waals surface area contributed by atoms with Crippen LogP contribution >= 0.6 is 0 Å². The molecule has 2 aromatic carbocycles. The minimum absolute atomic E-state index is 0.00942. The average Bonchev–Trinajstić information content (AvgIpc) is 2.92. The lowest BCUT2D eigenvalue weighted by Crippen LogP contribution is -2.51. The van der Waals surface area contributed by atoms with Gasteiger partial charge in [-0.1, -0.05) is 12.1 Å². The van der Waals surface area contributed by atoms with Gasteiger partial charge in [-0.2, -0.15) is 0 Å². The van der Waals surface area contributed by atoms with Gasteiger partial charge in [-0.05, 0) is 55.5 Å². The summed E-state index contributed by atoms with van der Waals surface area (Å²) in [5.41, 5.74) is 1.37. The standard InChI is InChI=1S/C26H26N4O6/c1-3-34-18-12-10-17(11-13-18)29-24-19(7-6-14-28-24)26(33)35-16-23(31)30-15-22(25(32)27-2)36-21-9-5-4-8-20(21)30/h4-14,22H,3,15-16H2,1-2H3,(H,27,32)(H,28,29). The number of ether oxygens (including phenoxy) is 3. The molecule has 4 rings (SSSR count). The van der Waals surface area contributed by atoms with Crippen LogP contribution in [0.3, 0.4) is 0 Å². The Morgan fingerprint density at radius 1 is 1.08 bits per heavy atom. The second-order valence-corrected chi connectivity index (χ2v) is 7.75. The van der Waals surface area contributed by atoms with Gasteiger partial charge in [0.1, 0.15) is 22.9 Å². The number of esters is 1. The highest BCUT2D eigenvalue weighted by Gasteiger charge is 2.33. The van der Waals surface area contributed by atoms with E-state index in [0.29, 0.717) is 23.7 Å². The number of para-hydroxylation sites is 2. The lowest BCUT2D eigenvalue weighted by Gasteiger charge is -2.33. The molecule has 0 fully saturated rings. The van der Waals surface area contributed by atoms with E-state index < -0.39 is 24.6 Å². The van der Waals surface area contributed by atoms with Crippen LogP contribution in [0, 0.1) is 0 Å². The second-order valence-electron chi connectivity index (χ2n) is 7.75. The normalized spacial score (nSPS) is 14.2. The van der Waals surface area contributed by atoms with E-state index in [2.05, 4.69) is 15.6 Å². The molecule has 3 aromatic rings. The number of carbonyl (C=O) groups excluding carboxylic acids is 3. The summed E-state index contributed by atoms with van der Waals surface area (Å²) < 4.78 is 16.5. The number of carbonyl (C=O) groups is 3. The second kappa shape index (κ2) is 11.2. The number of hydrogen-bond donors (Lipinski definition) is 2. The van der Waals surface area contributed by atoms with E-state index in [1.807, 2.05) is 6.92 Å². The maximum atomic E-state index is 13.0. The van der Waals surface area contributed by atoms with Crippen LogP contribution in [0.5, 0.6) is 11.5 Å². The van der Waals surface area contributed by atoms with Crippen molar-refractivity contribution in [2.45, 2.75) is 13.0 Å². The van der Waals surface area contributed by atoms with Gasteiger partial charge < -0.3 is 29.7 Å². The van der Waals surface area contributed by atoms with Gasteiger partial charge in [0.05, 0.1) is 18.8 Å². The smallest absolute Gasteiger partial charge is 0.342 e. The third kappa shape index (κ3) is 5.54. The van der Waals surface area contributed by atoms with Crippen LogP contribution in [0.1, 0.15) is 17.3 Å². The summed E-state index contributed by atoms with van der Waals surface area (Å²) in [6.07, 6.45) is 0.662. The highest BCUT2D eigenvalue weighted by atomic mass is 16.5. The van der Waals surface area contributed by atoms with Crippen LogP contribution in [-0.2, 0) is 14.3 Å². The number of hydrogen-bond acceptors (Lipinski definition) is 8. The Hall–Kier alpha value is -4.60. The largest absolute Gasteiger partial charge is 0.494 e. The van der Waals surface area contributed by atoms with Gasteiger partial charge in [-0.25, -0.2) is 9.78 Å². The number of fused-ring (bicyclic) bond motifs is 1. The molecule has 186 valence electrons. The number of pyridine rings is 1. The molecule has 2 heterocycles. The number of nitrogens with one attached hydrogen (secondary N) is 2. The van der Waals surface area contributed by atoms with Crippen molar-refractivity contribution in [1.29, 1.82) is 0 Å².